The lowest BCUT2D eigenvalue weighted by Crippen LogP contribution is -2.47. The summed E-state index contributed by atoms with van der Waals surface area (Å²) in [6.07, 6.45) is 1.45. The first-order valence-electron chi connectivity index (χ1n) is 11.6. The summed E-state index contributed by atoms with van der Waals surface area (Å²) in [5.41, 5.74) is 1.81. The van der Waals surface area contributed by atoms with Gasteiger partial charge in [-0.1, -0.05) is 18.2 Å². The van der Waals surface area contributed by atoms with E-state index in [0.717, 1.165) is 38.2 Å². The van der Waals surface area contributed by atoms with Gasteiger partial charge in [0.25, 0.3) is 10.0 Å². The first-order valence-corrected chi connectivity index (χ1v) is 13.1. The van der Waals surface area contributed by atoms with Crippen molar-refractivity contribution in [3.63, 3.8) is 0 Å². The molecule has 186 valence electrons. The van der Waals surface area contributed by atoms with Gasteiger partial charge in [-0.25, -0.2) is 8.42 Å². The van der Waals surface area contributed by atoms with Crippen LogP contribution in [0.5, 0.6) is 17.2 Å². The molecule has 4 rings (SSSR count). The molecule has 8 heteroatoms. The molecular weight excluding hydrogens is 464 g/mol. The lowest BCUT2D eigenvalue weighted by molar-refractivity contribution is 0.206. The van der Waals surface area contributed by atoms with Crippen LogP contribution in [-0.4, -0.2) is 53.8 Å². The number of hydrogen-bond acceptors (Lipinski definition) is 6. The van der Waals surface area contributed by atoms with Gasteiger partial charge in [0.1, 0.15) is 17.2 Å². The topological polar surface area (TPSA) is 68.3 Å². The zero-order valence-corrected chi connectivity index (χ0v) is 21.2. The molecule has 0 amide bonds. The number of hydrogen-bond donors (Lipinski definition) is 0. The molecular formula is C27H32N2O5S. The quantitative estimate of drug-likeness (QED) is 0.432. The van der Waals surface area contributed by atoms with E-state index in [2.05, 4.69) is 17.0 Å². The average Bonchev–Trinajstić information content (AvgIpc) is 2.90. The van der Waals surface area contributed by atoms with Crippen molar-refractivity contribution in [3.8, 4) is 17.2 Å². The van der Waals surface area contributed by atoms with E-state index >= 15 is 0 Å². The minimum Gasteiger partial charge on any atom is -0.497 e. The first kappa shape index (κ1) is 24.9. The molecule has 0 atom stereocenters. The zero-order chi connectivity index (χ0) is 24.8. The van der Waals surface area contributed by atoms with Crippen LogP contribution in [0.15, 0.2) is 77.7 Å². The maximum absolute atomic E-state index is 13.9. The summed E-state index contributed by atoms with van der Waals surface area (Å²) >= 11 is 0. The third-order valence-electron chi connectivity index (χ3n) is 6.38. The number of piperidine rings is 1. The average molecular weight is 497 g/mol. The van der Waals surface area contributed by atoms with Crippen molar-refractivity contribution in [2.45, 2.75) is 30.3 Å². The highest BCUT2D eigenvalue weighted by Crippen LogP contribution is 2.33. The van der Waals surface area contributed by atoms with Gasteiger partial charge in [0.15, 0.2) is 0 Å². The van der Waals surface area contributed by atoms with Crippen LogP contribution in [0.2, 0.25) is 0 Å². The summed E-state index contributed by atoms with van der Waals surface area (Å²) in [5, 5.41) is 0. The van der Waals surface area contributed by atoms with E-state index in [1.54, 1.807) is 56.0 Å². The maximum atomic E-state index is 13.9. The number of likely N-dealkylation sites (tertiary alicyclic amines) is 1. The van der Waals surface area contributed by atoms with Gasteiger partial charge in [0.05, 0.1) is 31.9 Å². The van der Waals surface area contributed by atoms with Crippen LogP contribution >= 0.6 is 0 Å². The van der Waals surface area contributed by atoms with E-state index in [-0.39, 0.29) is 10.9 Å². The zero-order valence-electron chi connectivity index (χ0n) is 20.4. The number of methoxy groups -OCH3 is 3. The first-order chi connectivity index (χ1) is 16.9. The Morgan fingerprint density at radius 1 is 0.800 bits per heavy atom. The highest BCUT2D eigenvalue weighted by molar-refractivity contribution is 7.92. The van der Waals surface area contributed by atoms with E-state index in [0.29, 0.717) is 17.2 Å². The number of sulfonamides is 1. The summed E-state index contributed by atoms with van der Waals surface area (Å²) in [6, 6.07) is 21.7. The third-order valence-corrected chi connectivity index (χ3v) is 8.27. The second-order valence-corrected chi connectivity index (χ2v) is 10.3. The molecule has 3 aromatic rings. The predicted molar refractivity (Wildman–Crippen MR) is 137 cm³/mol. The van der Waals surface area contributed by atoms with Crippen molar-refractivity contribution < 1.29 is 22.6 Å². The Kier molecular flexibility index (Phi) is 7.83. The van der Waals surface area contributed by atoms with Crippen LogP contribution < -0.4 is 18.5 Å². The van der Waals surface area contributed by atoms with Crippen LogP contribution in [0, 0.1) is 0 Å². The molecule has 1 aliphatic rings. The Morgan fingerprint density at radius 2 is 1.37 bits per heavy atom. The molecule has 0 saturated carbocycles. The fourth-order valence-corrected chi connectivity index (χ4v) is 6.16. The molecule has 1 saturated heterocycles. The molecule has 3 aromatic carbocycles. The number of nitrogens with zero attached hydrogens (tertiary/aromatic N) is 2. The highest BCUT2D eigenvalue weighted by atomic mass is 32.2. The monoisotopic (exact) mass is 496 g/mol. The Hall–Kier alpha value is -3.23. The Morgan fingerprint density at radius 3 is 1.94 bits per heavy atom. The Balaban J connectivity index is 1.57. The Labute approximate surface area is 207 Å². The van der Waals surface area contributed by atoms with E-state index in [1.165, 1.54) is 5.56 Å². The van der Waals surface area contributed by atoms with E-state index in [4.69, 9.17) is 14.2 Å². The fraction of sp³-hybridized carbons (Fsp3) is 0.333. The summed E-state index contributed by atoms with van der Waals surface area (Å²) in [6.45, 7) is 2.42. The third kappa shape index (κ3) is 5.71. The molecule has 1 heterocycles. The predicted octanol–water partition coefficient (Wildman–Crippen LogP) is 4.57. The number of ether oxygens (including phenoxy) is 3. The lowest BCUT2D eigenvalue weighted by Gasteiger charge is -2.39. The van der Waals surface area contributed by atoms with Crippen LogP contribution in [-0.2, 0) is 16.6 Å². The van der Waals surface area contributed by atoms with Crippen molar-refractivity contribution in [2.75, 3.05) is 38.7 Å². The molecule has 0 radical (unpaired) electrons. The molecule has 1 fully saturated rings. The van der Waals surface area contributed by atoms with Crippen molar-refractivity contribution in [1.82, 2.24) is 4.90 Å². The molecule has 0 spiro atoms. The van der Waals surface area contributed by atoms with Crippen LogP contribution in [0.4, 0.5) is 5.69 Å². The number of rotatable bonds is 9. The summed E-state index contributed by atoms with van der Waals surface area (Å²) in [7, 11) is 1.01. The van der Waals surface area contributed by atoms with Crippen LogP contribution in [0.25, 0.3) is 0 Å². The van der Waals surface area contributed by atoms with Crippen LogP contribution in [0.3, 0.4) is 0 Å². The summed E-state index contributed by atoms with van der Waals surface area (Å²) in [5.74, 6) is 2.07. The van der Waals surface area contributed by atoms with Crippen molar-refractivity contribution in [1.29, 1.82) is 0 Å². The fourth-order valence-electron chi connectivity index (χ4n) is 4.46. The molecule has 0 aromatic heterocycles. The molecule has 0 bridgehead atoms. The van der Waals surface area contributed by atoms with Gasteiger partial charge in [-0.15, -0.1) is 0 Å². The minimum absolute atomic E-state index is 0.165. The van der Waals surface area contributed by atoms with Gasteiger partial charge >= 0.3 is 0 Å². The SMILES string of the molecule is COc1ccc(CN2CCC(N(c3cccc(OC)c3)S(=O)(=O)c3ccc(OC)cc3)CC2)cc1. The van der Waals surface area contributed by atoms with Gasteiger partial charge in [-0.3, -0.25) is 9.21 Å². The minimum atomic E-state index is -3.80. The van der Waals surface area contributed by atoms with Gasteiger partial charge < -0.3 is 14.2 Å². The van der Waals surface area contributed by atoms with Crippen LogP contribution in [0.1, 0.15) is 18.4 Å². The van der Waals surface area contributed by atoms with Gasteiger partial charge in [0, 0.05) is 31.7 Å². The number of anilines is 1. The molecule has 35 heavy (non-hydrogen) atoms. The maximum Gasteiger partial charge on any atom is 0.264 e. The second-order valence-electron chi connectivity index (χ2n) is 8.53. The van der Waals surface area contributed by atoms with Gasteiger partial charge in [-0.2, -0.15) is 0 Å². The summed E-state index contributed by atoms with van der Waals surface area (Å²) < 4.78 is 45.2. The standard InChI is InChI=1S/C27H32N2O5S/c1-32-24-9-7-21(8-10-24)20-28-17-15-22(16-18-28)29(23-5-4-6-26(19-23)34-3)35(30,31)27-13-11-25(33-2)12-14-27/h4-14,19,22H,15-18,20H2,1-3H3. The molecule has 0 unspecified atom stereocenters. The normalized spacial score (nSPS) is 14.9. The number of benzene rings is 3. The molecule has 0 aliphatic carbocycles. The van der Waals surface area contributed by atoms with E-state index in [1.807, 2.05) is 30.3 Å². The van der Waals surface area contributed by atoms with Crippen molar-refractivity contribution in [3.05, 3.63) is 78.4 Å². The molecule has 0 N–H and O–H groups in total. The smallest absolute Gasteiger partial charge is 0.264 e. The van der Waals surface area contributed by atoms with Crippen molar-refractivity contribution in [2.24, 2.45) is 0 Å². The largest absolute Gasteiger partial charge is 0.497 e. The molecule has 1 aliphatic heterocycles. The second kappa shape index (κ2) is 11.0. The molecule has 7 nitrogen and oxygen atoms in total. The van der Waals surface area contributed by atoms with E-state index in [9.17, 15) is 8.42 Å². The summed E-state index contributed by atoms with van der Waals surface area (Å²) in [4.78, 5) is 2.60. The highest BCUT2D eigenvalue weighted by Gasteiger charge is 2.34. The lowest BCUT2D eigenvalue weighted by atomic mass is 10.0. The Bertz CT molecular complexity index is 1210. The van der Waals surface area contributed by atoms with Gasteiger partial charge in [-0.05, 0) is 66.9 Å². The van der Waals surface area contributed by atoms with Gasteiger partial charge in [0.2, 0.25) is 0 Å². The van der Waals surface area contributed by atoms with Crippen molar-refractivity contribution >= 4 is 15.7 Å². The van der Waals surface area contributed by atoms with E-state index < -0.39 is 10.0 Å².